The van der Waals surface area contributed by atoms with Crippen molar-refractivity contribution in [2.75, 3.05) is 0 Å². The van der Waals surface area contributed by atoms with Crippen molar-refractivity contribution in [1.29, 1.82) is 0 Å². The monoisotopic (exact) mass is 176 g/mol. The quantitative estimate of drug-likeness (QED) is 0.571. The largest absolute Gasteiger partial charge is 0.274 e. The van der Waals surface area contributed by atoms with E-state index in [0.717, 1.165) is 0 Å². The Kier molecular flexibility index (Phi) is 4.11. The first-order valence-electron chi connectivity index (χ1n) is 3.23. The van der Waals surface area contributed by atoms with E-state index in [1.54, 1.807) is 0 Å². The standard InChI is InChI=1S/C6H12N2O2S/c1-3-5-6(4-2)8-11(7,9)10/h1,6,8H,4-5H2,2H3,(H2,7,9,10). The van der Waals surface area contributed by atoms with Crippen LogP contribution in [0.2, 0.25) is 0 Å². The first-order valence-corrected chi connectivity index (χ1v) is 4.77. The van der Waals surface area contributed by atoms with Gasteiger partial charge in [0.05, 0.1) is 0 Å². The van der Waals surface area contributed by atoms with Gasteiger partial charge in [-0.25, -0.2) is 5.14 Å². The summed E-state index contributed by atoms with van der Waals surface area (Å²) in [7, 11) is -3.60. The van der Waals surface area contributed by atoms with Gasteiger partial charge in [0.2, 0.25) is 0 Å². The van der Waals surface area contributed by atoms with E-state index in [-0.39, 0.29) is 6.04 Å². The molecular weight excluding hydrogens is 164 g/mol. The number of rotatable bonds is 4. The Bertz CT molecular complexity index is 240. The maximum absolute atomic E-state index is 10.5. The lowest BCUT2D eigenvalue weighted by Gasteiger charge is -2.10. The van der Waals surface area contributed by atoms with Gasteiger partial charge in [-0.2, -0.15) is 13.1 Å². The second kappa shape index (κ2) is 4.34. The Morgan fingerprint density at radius 2 is 2.27 bits per heavy atom. The molecule has 4 nitrogen and oxygen atoms in total. The van der Waals surface area contributed by atoms with Crippen LogP contribution in [0.25, 0.3) is 0 Å². The maximum Gasteiger partial charge on any atom is 0.274 e. The van der Waals surface area contributed by atoms with Crippen molar-refractivity contribution < 1.29 is 8.42 Å². The van der Waals surface area contributed by atoms with Gasteiger partial charge in [0, 0.05) is 12.5 Å². The predicted molar refractivity (Wildman–Crippen MR) is 43.8 cm³/mol. The topological polar surface area (TPSA) is 72.2 Å². The van der Waals surface area contributed by atoms with Crippen molar-refractivity contribution in [3.8, 4) is 12.3 Å². The molecule has 0 aliphatic rings. The lowest BCUT2D eigenvalue weighted by Crippen LogP contribution is -2.38. The normalized spacial score (nSPS) is 13.9. The van der Waals surface area contributed by atoms with Gasteiger partial charge in [0.25, 0.3) is 10.2 Å². The first-order chi connectivity index (χ1) is 4.99. The fraction of sp³-hybridized carbons (Fsp3) is 0.667. The van der Waals surface area contributed by atoms with Crippen LogP contribution in [0.5, 0.6) is 0 Å². The summed E-state index contributed by atoms with van der Waals surface area (Å²) in [6.07, 6.45) is 6.01. The molecule has 0 aromatic carbocycles. The van der Waals surface area contributed by atoms with Crippen LogP contribution in [0, 0.1) is 12.3 Å². The molecule has 11 heavy (non-hydrogen) atoms. The Morgan fingerprint density at radius 1 is 1.73 bits per heavy atom. The van der Waals surface area contributed by atoms with Gasteiger partial charge in [-0.3, -0.25) is 0 Å². The van der Waals surface area contributed by atoms with Gasteiger partial charge in [-0.05, 0) is 6.42 Å². The van der Waals surface area contributed by atoms with Gasteiger partial charge in [-0.1, -0.05) is 6.92 Å². The molecule has 0 radical (unpaired) electrons. The summed E-state index contributed by atoms with van der Waals surface area (Å²) in [6.45, 7) is 1.83. The molecule has 0 amide bonds. The molecule has 0 aromatic rings. The van der Waals surface area contributed by atoms with Gasteiger partial charge >= 0.3 is 0 Å². The smallest absolute Gasteiger partial charge is 0.216 e. The fourth-order valence-electron chi connectivity index (χ4n) is 0.644. The minimum atomic E-state index is -3.60. The SMILES string of the molecule is C#CCC(CC)NS(N)(=O)=O. The van der Waals surface area contributed by atoms with Crippen molar-refractivity contribution in [3.05, 3.63) is 0 Å². The van der Waals surface area contributed by atoms with Gasteiger partial charge in [0.15, 0.2) is 0 Å². The Morgan fingerprint density at radius 3 is 2.55 bits per heavy atom. The summed E-state index contributed by atoms with van der Waals surface area (Å²) in [5, 5.41) is 4.73. The minimum Gasteiger partial charge on any atom is -0.216 e. The highest BCUT2D eigenvalue weighted by Crippen LogP contribution is 1.95. The van der Waals surface area contributed by atoms with E-state index in [0.29, 0.717) is 12.8 Å². The lowest BCUT2D eigenvalue weighted by atomic mass is 10.2. The molecule has 0 saturated carbocycles. The van der Waals surface area contributed by atoms with E-state index in [1.807, 2.05) is 6.92 Å². The summed E-state index contributed by atoms with van der Waals surface area (Å²) in [4.78, 5) is 0. The average molecular weight is 176 g/mol. The molecule has 64 valence electrons. The second-order valence-corrected chi connectivity index (χ2v) is 3.50. The molecule has 0 bridgehead atoms. The first kappa shape index (κ1) is 10.4. The van der Waals surface area contributed by atoms with Crippen LogP contribution >= 0.6 is 0 Å². The van der Waals surface area contributed by atoms with Gasteiger partial charge in [-0.15, -0.1) is 12.3 Å². The van der Waals surface area contributed by atoms with Crippen molar-refractivity contribution in [2.45, 2.75) is 25.8 Å². The molecule has 3 N–H and O–H groups in total. The summed E-state index contributed by atoms with van der Waals surface area (Å²) in [5.74, 6) is 2.36. The number of nitrogens with one attached hydrogen (secondary N) is 1. The van der Waals surface area contributed by atoms with Crippen molar-refractivity contribution in [1.82, 2.24) is 4.72 Å². The van der Waals surface area contributed by atoms with Gasteiger partial charge in [0.1, 0.15) is 0 Å². The molecule has 0 rings (SSSR count). The van der Waals surface area contributed by atoms with Crippen LogP contribution in [0.4, 0.5) is 0 Å². The third kappa shape index (κ3) is 5.85. The van der Waals surface area contributed by atoms with E-state index in [1.165, 1.54) is 0 Å². The molecular formula is C6H12N2O2S. The molecule has 1 unspecified atom stereocenters. The zero-order chi connectivity index (χ0) is 8.91. The lowest BCUT2D eigenvalue weighted by molar-refractivity contribution is 0.545. The highest BCUT2D eigenvalue weighted by molar-refractivity contribution is 7.87. The predicted octanol–water partition coefficient (Wildman–Crippen LogP) is -0.419. The highest BCUT2D eigenvalue weighted by atomic mass is 32.2. The summed E-state index contributed by atoms with van der Waals surface area (Å²) >= 11 is 0. The third-order valence-corrected chi connectivity index (χ3v) is 1.85. The van der Waals surface area contributed by atoms with Crippen LogP contribution in [-0.4, -0.2) is 14.5 Å². The van der Waals surface area contributed by atoms with Crippen molar-refractivity contribution in [3.63, 3.8) is 0 Å². The molecule has 0 aliphatic carbocycles. The van der Waals surface area contributed by atoms with Crippen LogP contribution in [0.15, 0.2) is 0 Å². The molecule has 0 aromatic heterocycles. The van der Waals surface area contributed by atoms with Crippen LogP contribution in [0.1, 0.15) is 19.8 Å². The second-order valence-electron chi connectivity index (χ2n) is 2.18. The summed E-state index contributed by atoms with van der Waals surface area (Å²) in [6, 6.07) is -0.241. The summed E-state index contributed by atoms with van der Waals surface area (Å²) in [5.41, 5.74) is 0. The Hall–Kier alpha value is -0.570. The molecule has 0 fully saturated rings. The fourth-order valence-corrected chi connectivity index (χ4v) is 1.36. The molecule has 5 heteroatoms. The summed E-state index contributed by atoms with van der Waals surface area (Å²) < 4.78 is 23.2. The van der Waals surface area contributed by atoms with Gasteiger partial charge < -0.3 is 0 Å². The maximum atomic E-state index is 10.5. The highest BCUT2D eigenvalue weighted by Gasteiger charge is 2.09. The average Bonchev–Trinajstić information content (AvgIpc) is 1.84. The molecule has 0 spiro atoms. The van der Waals surface area contributed by atoms with Crippen LogP contribution < -0.4 is 9.86 Å². The Labute approximate surface area is 67.3 Å². The Balaban J connectivity index is 4.01. The van der Waals surface area contributed by atoms with E-state index in [2.05, 4.69) is 10.6 Å². The number of nitrogens with two attached hydrogens (primary N) is 1. The van der Waals surface area contributed by atoms with Crippen molar-refractivity contribution >= 4 is 10.2 Å². The number of hydrogen-bond donors (Lipinski definition) is 2. The van der Waals surface area contributed by atoms with Crippen molar-refractivity contribution in [2.24, 2.45) is 5.14 Å². The number of hydrogen-bond acceptors (Lipinski definition) is 2. The zero-order valence-electron chi connectivity index (χ0n) is 6.37. The molecule has 0 aliphatic heterocycles. The van der Waals surface area contributed by atoms with Crippen LogP contribution in [0.3, 0.4) is 0 Å². The van der Waals surface area contributed by atoms with Crippen LogP contribution in [-0.2, 0) is 10.2 Å². The van der Waals surface area contributed by atoms with E-state index >= 15 is 0 Å². The van der Waals surface area contributed by atoms with E-state index in [4.69, 9.17) is 11.6 Å². The molecule has 1 atom stereocenters. The zero-order valence-corrected chi connectivity index (χ0v) is 7.19. The molecule has 0 heterocycles. The minimum absolute atomic E-state index is 0.241. The third-order valence-electron chi connectivity index (χ3n) is 1.19. The van der Waals surface area contributed by atoms with E-state index in [9.17, 15) is 8.42 Å². The molecule has 0 saturated heterocycles. The van der Waals surface area contributed by atoms with E-state index < -0.39 is 10.2 Å². The number of terminal acetylenes is 1.